The van der Waals surface area contributed by atoms with E-state index in [9.17, 15) is 29.1 Å². The van der Waals surface area contributed by atoms with Crippen LogP contribution in [0.1, 0.15) is 175 Å². The highest BCUT2D eigenvalue weighted by atomic mass is 32.1. The Labute approximate surface area is 559 Å². The lowest BCUT2D eigenvalue weighted by atomic mass is 9.77. The highest BCUT2D eigenvalue weighted by Gasteiger charge is 2.73. The van der Waals surface area contributed by atoms with Crippen LogP contribution in [0.5, 0.6) is 0 Å². The number of aliphatic hydroxyl groups excluding tert-OH is 1. The minimum atomic E-state index is -1.35. The van der Waals surface area contributed by atoms with Crippen molar-refractivity contribution < 1.29 is 67.0 Å². The van der Waals surface area contributed by atoms with E-state index in [1.54, 1.807) is 12.4 Å². The number of amides is 4. The van der Waals surface area contributed by atoms with Crippen molar-refractivity contribution in [2.45, 2.75) is 284 Å². The summed E-state index contributed by atoms with van der Waals surface area (Å²) in [5, 5.41) is 23.5. The third kappa shape index (κ3) is 15.3. The molecule has 12 saturated heterocycles. The minimum Gasteiger partial charge on any atom is -0.391 e. The number of nitrogens with zero attached hydrogens (tertiary/aromatic N) is 3. The molecule has 12 aliphatic rings. The summed E-state index contributed by atoms with van der Waals surface area (Å²) in [6.07, 6.45) is 10.9. The van der Waals surface area contributed by atoms with Crippen LogP contribution in [-0.2, 0) is 61.9 Å². The molecular formula is C71H104N8O14S. The molecule has 1 aromatic rings. The maximum Gasteiger partial charge on any atom is 0.246 e. The molecule has 13 heterocycles. The van der Waals surface area contributed by atoms with Crippen molar-refractivity contribution in [3.05, 3.63) is 47.0 Å². The van der Waals surface area contributed by atoms with Crippen LogP contribution in [0.15, 0.2) is 36.7 Å². The van der Waals surface area contributed by atoms with Crippen LogP contribution < -0.4 is 21.3 Å². The number of hydrogen-bond donors (Lipinski definition) is 6. The molecule has 6 N–H and O–H groups in total. The molecule has 12 bridgehead atoms. The first-order chi connectivity index (χ1) is 45.1. The molecule has 20 atom stereocenters. The summed E-state index contributed by atoms with van der Waals surface area (Å²) >= 11 is 5.01. The summed E-state index contributed by atoms with van der Waals surface area (Å²) in [5.41, 5.74) is 0.753. The minimum absolute atomic E-state index is 0.0157. The van der Waals surface area contributed by atoms with Crippen LogP contribution in [0, 0.1) is 40.3 Å². The van der Waals surface area contributed by atoms with Crippen molar-refractivity contribution in [2.75, 3.05) is 46.3 Å². The summed E-state index contributed by atoms with van der Waals surface area (Å²) in [6.45, 7) is 21.8. The lowest BCUT2D eigenvalue weighted by Crippen LogP contribution is -2.67. The fraction of sp³-hybridized carbons (Fsp3) is 0.789. The van der Waals surface area contributed by atoms with Gasteiger partial charge in [-0.15, -0.1) is 0 Å². The Morgan fingerprint density at radius 2 is 1.61 bits per heavy atom. The number of aromatic amines is 1. The molecule has 12 aliphatic heterocycles. The number of likely N-dealkylation sites (tertiary alicyclic amines) is 2. The van der Waals surface area contributed by atoms with Gasteiger partial charge in [-0.05, 0) is 151 Å². The third-order valence-corrected chi connectivity index (χ3v) is 23.3. The largest absolute Gasteiger partial charge is 0.391 e. The van der Waals surface area contributed by atoms with E-state index >= 15 is 0 Å². The molecule has 22 nitrogen and oxygen atoms in total. The van der Waals surface area contributed by atoms with E-state index in [0.29, 0.717) is 93.7 Å². The van der Waals surface area contributed by atoms with Crippen molar-refractivity contribution >= 4 is 41.6 Å². The van der Waals surface area contributed by atoms with Gasteiger partial charge in [0.1, 0.15) is 47.4 Å². The zero-order valence-electron chi connectivity index (χ0n) is 56.2. The van der Waals surface area contributed by atoms with Crippen LogP contribution in [-0.4, -0.2) is 215 Å². The van der Waals surface area contributed by atoms with Gasteiger partial charge in [-0.1, -0.05) is 59.1 Å². The lowest BCUT2D eigenvalue weighted by molar-refractivity contribution is -0.301. The van der Waals surface area contributed by atoms with Crippen molar-refractivity contribution in [2.24, 2.45) is 23.7 Å². The Morgan fingerprint density at radius 1 is 0.840 bits per heavy atom. The molecule has 0 aliphatic carbocycles. The average molecular weight is 1330 g/mol. The summed E-state index contributed by atoms with van der Waals surface area (Å²) < 4.78 is 56.0. The number of hydrogen-bond acceptors (Lipinski definition) is 18. The van der Waals surface area contributed by atoms with Gasteiger partial charge in [0, 0.05) is 89.4 Å². The summed E-state index contributed by atoms with van der Waals surface area (Å²) in [6, 6.07) is -0.567. The number of unbranched alkanes of at least 4 members (excludes halogenated alkanes) is 1. The normalized spacial score (nSPS) is 38.1. The molecule has 0 aromatic carbocycles. The van der Waals surface area contributed by atoms with Crippen LogP contribution in [0.4, 0.5) is 0 Å². The topological polar surface area (TPSA) is 263 Å². The molecule has 0 saturated carbocycles. The van der Waals surface area contributed by atoms with Crippen LogP contribution in [0.25, 0.3) is 0 Å². The van der Waals surface area contributed by atoms with Gasteiger partial charge < -0.3 is 79.1 Å². The predicted octanol–water partition coefficient (Wildman–Crippen LogP) is 5.97. The second-order valence-corrected chi connectivity index (χ2v) is 30.4. The molecule has 1 aromatic heterocycles. The summed E-state index contributed by atoms with van der Waals surface area (Å²) in [7, 11) is 2.12. The molecule has 23 heteroatoms. The monoisotopic (exact) mass is 1320 g/mol. The van der Waals surface area contributed by atoms with E-state index < -0.39 is 71.7 Å². The number of piperidine rings is 2. The smallest absolute Gasteiger partial charge is 0.246 e. The number of aliphatic hydroxyl groups is 1. The standard InChI is InChI=1S/C71H104N8O14S/c1-9-51-52-32-46(80)31-49-16-18-54-62(88-49)63-65-69(7,91-54)64-58(90-65)35-71(92-63,93-64)22-19-50-30-42(5)53(86-50)17-15-48-29-41(4)43(6)55(87-48)34-57(52)89-56(51)33-47(81)38-72-60(83)39-73-67(85)70(23-27-79(28-24-70)45-20-25-78(8)26-21-45)77-66(84)61(40(2)3)76-59(82)14-12-10-11-13-44-36-74-68(94)75-37-44/h36-37,40-41,45,47-58,61-65,81H,5-6,9-10,12,14-35,38-39H2,1-4,7-8H3,(H,72,83)(H,73,85)(H,76,82)(H,77,84)(H,74,75,94)/t41-,47+,48+,49-,50+,51-,52-,53?,54+,55-,56-,57+,58?,61+,62+,63+,64+,65+,69+,71-/m1/s1. The molecule has 12 fully saturated rings. The number of aromatic nitrogens is 2. The van der Waals surface area contributed by atoms with E-state index in [0.717, 1.165) is 69.2 Å². The lowest BCUT2D eigenvalue weighted by Gasteiger charge is -2.51. The van der Waals surface area contributed by atoms with Gasteiger partial charge in [0.05, 0.1) is 73.1 Å². The Balaban J connectivity index is 0.687. The van der Waals surface area contributed by atoms with Gasteiger partial charge in [-0.2, -0.15) is 0 Å². The Bertz CT molecular complexity index is 3050. The first-order valence-electron chi connectivity index (χ1n) is 35.6. The van der Waals surface area contributed by atoms with Crippen LogP contribution >= 0.6 is 12.2 Å². The van der Waals surface area contributed by atoms with E-state index in [4.69, 9.17) is 50.1 Å². The van der Waals surface area contributed by atoms with Gasteiger partial charge in [-0.25, -0.2) is 4.98 Å². The number of rotatable bonds is 16. The first kappa shape index (κ1) is 69.4. The van der Waals surface area contributed by atoms with E-state index in [-0.39, 0.29) is 129 Å². The van der Waals surface area contributed by atoms with Crippen molar-refractivity contribution in [1.29, 1.82) is 0 Å². The number of ketones is 1. The quantitative estimate of drug-likeness (QED) is 0.0482. The number of Topliss-reactive ketones (excluding diaryl/α,β-unsaturated/α-hetero) is 1. The zero-order chi connectivity index (χ0) is 66.2. The number of fused-ring (bicyclic) bond motifs is 6. The molecule has 4 amide bonds. The summed E-state index contributed by atoms with van der Waals surface area (Å²) in [4.78, 5) is 82.4. The number of carbonyl (C=O) groups is 5. The fourth-order valence-electron chi connectivity index (χ4n) is 17.7. The maximum atomic E-state index is 14.7. The van der Waals surface area contributed by atoms with Crippen LogP contribution in [0.3, 0.4) is 0 Å². The average Bonchev–Trinajstić information content (AvgIpc) is 1.52. The first-order valence-corrected chi connectivity index (χ1v) is 36.0. The van der Waals surface area contributed by atoms with Crippen LogP contribution in [0.2, 0.25) is 0 Å². The highest BCUT2D eigenvalue weighted by Crippen LogP contribution is 2.58. The van der Waals surface area contributed by atoms with Gasteiger partial charge in [0.2, 0.25) is 23.6 Å². The van der Waals surface area contributed by atoms with E-state index in [1.807, 2.05) is 13.8 Å². The second kappa shape index (κ2) is 29.5. The molecule has 2 unspecified atom stereocenters. The van der Waals surface area contributed by atoms with Gasteiger partial charge >= 0.3 is 0 Å². The Morgan fingerprint density at radius 3 is 2.36 bits per heavy atom. The molecule has 94 heavy (non-hydrogen) atoms. The van der Waals surface area contributed by atoms with E-state index in [2.05, 4.69) is 93.9 Å². The van der Waals surface area contributed by atoms with Crippen molar-refractivity contribution in [3.63, 3.8) is 0 Å². The fourth-order valence-corrected chi connectivity index (χ4v) is 17.8. The molecular weight excluding hydrogens is 1220 g/mol. The van der Waals surface area contributed by atoms with Gasteiger partial charge in [-0.3, -0.25) is 24.0 Å². The Hall–Kier alpha value is -4.55. The zero-order valence-corrected chi connectivity index (χ0v) is 57.0. The molecule has 0 radical (unpaired) electrons. The Kier molecular flexibility index (Phi) is 21.8. The molecule has 1 spiro atoms. The number of nitrogens with one attached hydrogen (secondary N) is 5. The number of carbonyl (C=O) groups excluding carboxylic acids is 5. The number of H-pyrrole nitrogens is 1. The highest BCUT2D eigenvalue weighted by molar-refractivity contribution is 7.71. The predicted molar refractivity (Wildman–Crippen MR) is 350 cm³/mol. The second-order valence-electron chi connectivity index (χ2n) is 30.1. The maximum absolute atomic E-state index is 14.7. The molecule has 518 valence electrons. The number of ether oxygens (including phenoxy) is 8. The van der Waals surface area contributed by atoms with Crippen molar-refractivity contribution in [3.8, 4) is 11.8 Å². The van der Waals surface area contributed by atoms with Gasteiger partial charge in [0.25, 0.3) is 0 Å². The third-order valence-electron chi connectivity index (χ3n) is 23.1. The van der Waals surface area contributed by atoms with Crippen molar-refractivity contribution in [1.82, 2.24) is 41.0 Å². The SMILES string of the molecule is C=C1C[C@@H]2CC[C@@]34CC5O[C@H]6[C@@H](O3)[C@H]3O[C@H](CC[C@@H]3O[C@@]6(C)[C@H]5O4)CC(=O)C[C@@H]3[C@@H](CC)[C@@H](C[C@H](O)CNC(=O)CNC(=O)C4(NC(=O)[C@@H](NC(=O)CCCC#Cc5cnc(=S)[nH]c5)C(C)C)CCN(C5CCN(C)CC5)CC4)O[C@H]3C[C@H]3O[C@@H](CCC1O2)C[C@@H](C)C3=C. The molecule has 13 rings (SSSR count). The summed E-state index contributed by atoms with van der Waals surface area (Å²) in [5.74, 6) is 3.11. The van der Waals surface area contributed by atoms with Gasteiger partial charge in [0.15, 0.2) is 10.6 Å². The van der Waals surface area contributed by atoms with E-state index in [1.165, 1.54) is 0 Å².